The zero-order valence-electron chi connectivity index (χ0n) is 10.8. The lowest BCUT2D eigenvalue weighted by atomic mass is 10.1. The predicted octanol–water partition coefficient (Wildman–Crippen LogP) is 1.19. The van der Waals surface area contributed by atoms with Crippen molar-refractivity contribution in [2.75, 3.05) is 26.2 Å². The van der Waals surface area contributed by atoms with Crippen LogP contribution in [0.1, 0.15) is 12.0 Å². The fourth-order valence-corrected chi connectivity index (χ4v) is 2.39. The van der Waals surface area contributed by atoms with Crippen molar-refractivity contribution in [3.63, 3.8) is 0 Å². The smallest absolute Gasteiger partial charge is 0.227 e. The molecule has 5 heteroatoms. The molecule has 0 atom stereocenters. The van der Waals surface area contributed by atoms with Crippen LogP contribution in [0.4, 0.5) is 0 Å². The Labute approximate surface area is 111 Å². The third-order valence-electron chi connectivity index (χ3n) is 3.44. The van der Waals surface area contributed by atoms with Gasteiger partial charge in [0, 0.05) is 19.6 Å². The molecule has 5 nitrogen and oxygen atoms in total. The monoisotopic (exact) mass is 259 g/mol. The fourth-order valence-electron chi connectivity index (χ4n) is 2.39. The summed E-state index contributed by atoms with van der Waals surface area (Å²) < 4.78 is 5.26. The molecule has 0 saturated carbocycles. The fraction of sp³-hybridized carbons (Fsp3) is 0.429. The molecule has 1 aliphatic heterocycles. The summed E-state index contributed by atoms with van der Waals surface area (Å²) in [4.78, 5) is 18.3. The molecule has 1 N–H and O–H groups in total. The van der Waals surface area contributed by atoms with Gasteiger partial charge in [0.1, 0.15) is 5.52 Å². The summed E-state index contributed by atoms with van der Waals surface area (Å²) in [7, 11) is 0. The highest BCUT2D eigenvalue weighted by Gasteiger charge is 2.15. The van der Waals surface area contributed by atoms with Gasteiger partial charge in [0.2, 0.25) is 5.91 Å². The molecule has 0 radical (unpaired) electrons. The first-order valence-electron chi connectivity index (χ1n) is 6.63. The number of carbonyl (C=O) groups is 1. The second kappa shape index (κ2) is 5.40. The van der Waals surface area contributed by atoms with E-state index in [1.54, 1.807) is 0 Å². The van der Waals surface area contributed by atoms with Gasteiger partial charge in [0.25, 0.3) is 0 Å². The minimum absolute atomic E-state index is 0.183. The van der Waals surface area contributed by atoms with E-state index in [1.807, 2.05) is 23.1 Å². The predicted molar refractivity (Wildman–Crippen MR) is 71.8 cm³/mol. The number of carbonyl (C=O) groups excluding carboxylic acids is 1. The molecule has 3 rings (SSSR count). The third-order valence-corrected chi connectivity index (χ3v) is 3.44. The van der Waals surface area contributed by atoms with Gasteiger partial charge in [0.05, 0.1) is 6.42 Å². The molecule has 19 heavy (non-hydrogen) atoms. The lowest BCUT2D eigenvalue weighted by Crippen LogP contribution is -2.35. The molecule has 0 spiro atoms. The Balaban J connectivity index is 1.70. The number of nitrogens with zero attached hydrogens (tertiary/aromatic N) is 2. The van der Waals surface area contributed by atoms with Crippen LogP contribution in [0.3, 0.4) is 0 Å². The van der Waals surface area contributed by atoms with Crippen LogP contribution in [0.5, 0.6) is 0 Å². The number of hydrogen-bond acceptors (Lipinski definition) is 4. The van der Waals surface area contributed by atoms with Crippen molar-refractivity contribution in [2.45, 2.75) is 12.8 Å². The highest BCUT2D eigenvalue weighted by atomic mass is 16.3. The minimum atomic E-state index is 0.183. The summed E-state index contributed by atoms with van der Waals surface area (Å²) in [6.45, 7) is 3.51. The second-order valence-electron chi connectivity index (χ2n) is 4.82. The summed E-state index contributed by atoms with van der Waals surface area (Å²) in [6, 6.07) is 5.74. The Hall–Kier alpha value is -1.88. The Morgan fingerprint density at radius 2 is 2.32 bits per heavy atom. The van der Waals surface area contributed by atoms with Crippen LogP contribution < -0.4 is 5.32 Å². The third kappa shape index (κ3) is 2.76. The van der Waals surface area contributed by atoms with Gasteiger partial charge in [0.15, 0.2) is 12.0 Å². The normalized spacial score (nSPS) is 16.5. The van der Waals surface area contributed by atoms with Crippen LogP contribution in [0.25, 0.3) is 11.1 Å². The standard InChI is InChI=1S/C14H17N3O2/c18-14(17-6-1-4-15-5-7-17)9-11-2-3-12-13(8-11)19-10-16-12/h2-3,8,10,15H,1,4-7,9H2. The van der Waals surface area contributed by atoms with Crippen molar-refractivity contribution < 1.29 is 9.21 Å². The first-order valence-corrected chi connectivity index (χ1v) is 6.63. The zero-order chi connectivity index (χ0) is 13.1. The van der Waals surface area contributed by atoms with E-state index in [-0.39, 0.29) is 5.91 Å². The average molecular weight is 259 g/mol. The van der Waals surface area contributed by atoms with E-state index in [9.17, 15) is 4.79 Å². The van der Waals surface area contributed by atoms with Gasteiger partial charge >= 0.3 is 0 Å². The van der Waals surface area contributed by atoms with Gasteiger partial charge < -0.3 is 14.6 Å². The Kier molecular flexibility index (Phi) is 3.46. The van der Waals surface area contributed by atoms with E-state index >= 15 is 0 Å². The lowest BCUT2D eigenvalue weighted by molar-refractivity contribution is -0.130. The molecule has 1 amide bonds. The molecule has 2 heterocycles. The molecule has 1 fully saturated rings. The van der Waals surface area contributed by atoms with Crippen molar-refractivity contribution in [3.8, 4) is 0 Å². The van der Waals surface area contributed by atoms with Crippen LogP contribution in [-0.2, 0) is 11.2 Å². The molecule has 0 bridgehead atoms. The summed E-state index contributed by atoms with van der Waals surface area (Å²) in [5.41, 5.74) is 2.55. The second-order valence-corrected chi connectivity index (χ2v) is 4.82. The summed E-state index contributed by atoms with van der Waals surface area (Å²) >= 11 is 0. The van der Waals surface area contributed by atoms with E-state index in [2.05, 4.69) is 10.3 Å². The van der Waals surface area contributed by atoms with Gasteiger partial charge in [-0.15, -0.1) is 0 Å². The zero-order valence-corrected chi connectivity index (χ0v) is 10.8. The number of nitrogens with one attached hydrogen (secondary N) is 1. The highest BCUT2D eigenvalue weighted by Crippen LogP contribution is 2.15. The molecule has 1 aromatic carbocycles. The summed E-state index contributed by atoms with van der Waals surface area (Å²) in [6.07, 6.45) is 2.88. The Morgan fingerprint density at radius 1 is 1.37 bits per heavy atom. The largest absolute Gasteiger partial charge is 0.443 e. The molecule has 0 aliphatic carbocycles. The van der Waals surface area contributed by atoms with Crippen molar-refractivity contribution in [2.24, 2.45) is 0 Å². The molecule has 1 saturated heterocycles. The van der Waals surface area contributed by atoms with Crippen LogP contribution >= 0.6 is 0 Å². The topological polar surface area (TPSA) is 58.4 Å². The number of fused-ring (bicyclic) bond motifs is 1. The molecule has 0 unspecified atom stereocenters. The maximum absolute atomic E-state index is 12.2. The van der Waals surface area contributed by atoms with Crippen LogP contribution in [0, 0.1) is 0 Å². The van der Waals surface area contributed by atoms with Crippen molar-refractivity contribution >= 4 is 17.0 Å². The van der Waals surface area contributed by atoms with Crippen LogP contribution in [-0.4, -0.2) is 42.0 Å². The SMILES string of the molecule is O=C(Cc1ccc2ncoc2c1)N1CCCNCC1. The molecule has 2 aromatic rings. The number of benzene rings is 1. The maximum atomic E-state index is 12.2. The van der Waals surface area contributed by atoms with Gasteiger partial charge in [-0.25, -0.2) is 4.98 Å². The minimum Gasteiger partial charge on any atom is -0.443 e. The summed E-state index contributed by atoms with van der Waals surface area (Å²) in [5.74, 6) is 0.183. The Morgan fingerprint density at radius 3 is 3.26 bits per heavy atom. The molecular weight excluding hydrogens is 242 g/mol. The maximum Gasteiger partial charge on any atom is 0.227 e. The number of amides is 1. The Bertz CT molecular complexity index is 571. The number of aromatic nitrogens is 1. The van der Waals surface area contributed by atoms with E-state index in [1.165, 1.54) is 6.39 Å². The van der Waals surface area contributed by atoms with E-state index in [4.69, 9.17) is 4.42 Å². The molecule has 1 aliphatic rings. The number of oxazole rings is 1. The van der Waals surface area contributed by atoms with Gasteiger partial charge in [-0.05, 0) is 30.7 Å². The summed E-state index contributed by atoms with van der Waals surface area (Å²) in [5, 5.41) is 3.30. The first kappa shape index (κ1) is 12.2. The van der Waals surface area contributed by atoms with Crippen molar-refractivity contribution in [3.05, 3.63) is 30.2 Å². The van der Waals surface area contributed by atoms with Crippen molar-refractivity contribution in [1.82, 2.24) is 15.2 Å². The van der Waals surface area contributed by atoms with Gasteiger partial charge in [-0.1, -0.05) is 6.07 Å². The van der Waals surface area contributed by atoms with Gasteiger partial charge in [-0.3, -0.25) is 4.79 Å². The van der Waals surface area contributed by atoms with Crippen molar-refractivity contribution in [1.29, 1.82) is 0 Å². The molecular formula is C14H17N3O2. The van der Waals surface area contributed by atoms with Gasteiger partial charge in [-0.2, -0.15) is 0 Å². The number of hydrogen-bond donors (Lipinski definition) is 1. The molecule has 1 aromatic heterocycles. The van der Waals surface area contributed by atoms with E-state index in [0.29, 0.717) is 6.42 Å². The lowest BCUT2D eigenvalue weighted by Gasteiger charge is -2.19. The van der Waals surface area contributed by atoms with Crippen LogP contribution in [0.15, 0.2) is 29.0 Å². The average Bonchev–Trinajstić information content (AvgIpc) is 2.71. The van der Waals surface area contributed by atoms with Crippen LogP contribution in [0.2, 0.25) is 0 Å². The van der Waals surface area contributed by atoms with E-state index < -0.39 is 0 Å². The number of rotatable bonds is 2. The molecule has 100 valence electrons. The quantitative estimate of drug-likeness (QED) is 0.880. The van der Waals surface area contributed by atoms with E-state index in [0.717, 1.165) is 49.3 Å². The first-order chi connectivity index (χ1) is 9.33. The highest BCUT2D eigenvalue weighted by molar-refractivity contribution is 5.81.